The van der Waals surface area contributed by atoms with Crippen LogP contribution < -0.4 is 20.7 Å². The summed E-state index contributed by atoms with van der Waals surface area (Å²) in [6.45, 7) is 1.40. The summed E-state index contributed by atoms with van der Waals surface area (Å²) in [5, 5.41) is 3.30. The van der Waals surface area contributed by atoms with Gasteiger partial charge in [0.05, 0.1) is 18.9 Å². The smallest absolute Gasteiger partial charge is 0.391 e. The molecule has 0 aliphatic carbocycles. The maximum absolute atomic E-state index is 12.9. The van der Waals surface area contributed by atoms with Crippen molar-refractivity contribution in [3.8, 4) is 5.75 Å². The Labute approximate surface area is 202 Å². The van der Waals surface area contributed by atoms with Gasteiger partial charge in [-0.25, -0.2) is 0 Å². The van der Waals surface area contributed by atoms with E-state index in [-0.39, 0.29) is 25.2 Å². The van der Waals surface area contributed by atoms with Crippen LogP contribution in [0.15, 0.2) is 42.5 Å². The Kier molecular flexibility index (Phi) is 7.09. The number of amides is 2. The number of carbonyl (C=O) groups is 2. The van der Waals surface area contributed by atoms with Crippen LogP contribution in [0.3, 0.4) is 0 Å². The highest BCUT2D eigenvalue weighted by molar-refractivity contribution is 5.88. The standard InChI is InChI=1S/C25H29F3N4O3/c1-35-22-13-20(3-2-16(22)14-32-15-17(24(29)34)12-23(32)33)30-19-4-6-21(7-5-19)31-10-8-18(9-11-31)25(26,27)28/h2-7,13,17-18,30H,8-12,14-15H2,1H3,(H2,29,34). The molecule has 2 aliphatic heterocycles. The predicted molar refractivity (Wildman–Crippen MR) is 126 cm³/mol. The molecule has 0 aromatic heterocycles. The topological polar surface area (TPSA) is 87.9 Å². The van der Waals surface area contributed by atoms with Gasteiger partial charge in [-0.1, -0.05) is 6.07 Å². The summed E-state index contributed by atoms with van der Waals surface area (Å²) < 4.78 is 44.2. The summed E-state index contributed by atoms with van der Waals surface area (Å²) in [5.41, 5.74) is 8.66. The number of alkyl halides is 3. The number of nitrogens with one attached hydrogen (secondary N) is 1. The molecule has 2 heterocycles. The Morgan fingerprint density at radius 2 is 1.77 bits per heavy atom. The molecule has 0 saturated carbocycles. The maximum atomic E-state index is 12.9. The summed E-state index contributed by atoms with van der Waals surface area (Å²) in [7, 11) is 1.55. The van der Waals surface area contributed by atoms with Crippen molar-refractivity contribution in [2.45, 2.75) is 32.0 Å². The minimum atomic E-state index is -4.12. The molecule has 7 nitrogen and oxygen atoms in total. The molecule has 10 heteroatoms. The van der Waals surface area contributed by atoms with Gasteiger partial charge in [-0.05, 0) is 43.2 Å². The van der Waals surface area contributed by atoms with Crippen LogP contribution in [0.2, 0.25) is 0 Å². The van der Waals surface area contributed by atoms with Crippen LogP contribution in [0, 0.1) is 11.8 Å². The molecule has 2 amide bonds. The lowest BCUT2D eigenvalue weighted by atomic mass is 9.96. The van der Waals surface area contributed by atoms with E-state index in [0.29, 0.717) is 31.9 Å². The molecule has 35 heavy (non-hydrogen) atoms. The minimum absolute atomic E-state index is 0.110. The van der Waals surface area contributed by atoms with Crippen LogP contribution >= 0.6 is 0 Å². The first kappa shape index (κ1) is 24.7. The summed E-state index contributed by atoms with van der Waals surface area (Å²) in [6, 6.07) is 13.1. The van der Waals surface area contributed by atoms with Gasteiger partial charge in [0, 0.05) is 61.3 Å². The van der Waals surface area contributed by atoms with Crippen molar-refractivity contribution in [2.75, 3.05) is 37.0 Å². The third-order valence-electron chi connectivity index (χ3n) is 6.74. The maximum Gasteiger partial charge on any atom is 0.391 e. The fraction of sp³-hybridized carbons (Fsp3) is 0.440. The number of halogens is 3. The first-order valence-electron chi connectivity index (χ1n) is 11.6. The van der Waals surface area contributed by atoms with E-state index < -0.39 is 23.9 Å². The summed E-state index contributed by atoms with van der Waals surface area (Å²) in [6.07, 6.45) is -3.76. The van der Waals surface area contributed by atoms with E-state index in [4.69, 9.17) is 10.5 Å². The molecule has 4 rings (SSSR count). The van der Waals surface area contributed by atoms with Crippen LogP contribution in [0.5, 0.6) is 5.75 Å². The van der Waals surface area contributed by atoms with Gasteiger partial charge in [0.2, 0.25) is 11.8 Å². The van der Waals surface area contributed by atoms with E-state index in [1.165, 1.54) is 0 Å². The molecule has 0 radical (unpaired) electrons. The van der Waals surface area contributed by atoms with Crippen LogP contribution in [0.1, 0.15) is 24.8 Å². The van der Waals surface area contributed by atoms with Crippen molar-refractivity contribution in [3.63, 3.8) is 0 Å². The third-order valence-corrected chi connectivity index (χ3v) is 6.74. The van der Waals surface area contributed by atoms with Crippen LogP contribution in [0.4, 0.5) is 30.2 Å². The van der Waals surface area contributed by atoms with Crippen molar-refractivity contribution in [2.24, 2.45) is 17.6 Å². The molecule has 0 spiro atoms. The van der Waals surface area contributed by atoms with Crippen LogP contribution in [-0.2, 0) is 16.1 Å². The SMILES string of the molecule is COc1cc(Nc2ccc(N3CCC(C(F)(F)F)CC3)cc2)ccc1CN1CC(C(N)=O)CC1=O. The Balaban J connectivity index is 1.37. The van der Waals surface area contributed by atoms with Gasteiger partial charge in [-0.3, -0.25) is 9.59 Å². The normalized spacial score (nSPS) is 19.2. The van der Waals surface area contributed by atoms with Crippen molar-refractivity contribution < 1.29 is 27.5 Å². The number of carbonyl (C=O) groups excluding carboxylic acids is 2. The highest BCUT2D eigenvalue weighted by Crippen LogP contribution is 2.36. The van der Waals surface area contributed by atoms with Gasteiger partial charge >= 0.3 is 6.18 Å². The predicted octanol–water partition coefficient (Wildman–Crippen LogP) is 4.05. The van der Waals surface area contributed by atoms with Crippen molar-refractivity contribution in [1.29, 1.82) is 0 Å². The van der Waals surface area contributed by atoms with E-state index in [1.807, 2.05) is 47.4 Å². The number of hydrogen-bond acceptors (Lipinski definition) is 5. The van der Waals surface area contributed by atoms with Gasteiger partial charge in [0.25, 0.3) is 0 Å². The van der Waals surface area contributed by atoms with Gasteiger partial charge in [0.1, 0.15) is 5.75 Å². The van der Waals surface area contributed by atoms with Crippen molar-refractivity contribution in [3.05, 3.63) is 48.0 Å². The van der Waals surface area contributed by atoms with Gasteiger partial charge in [-0.2, -0.15) is 13.2 Å². The second kappa shape index (κ2) is 10.1. The Morgan fingerprint density at radius 1 is 1.11 bits per heavy atom. The number of piperidine rings is 1. The lowest BCUT2D eigenvalue weighted by Crippen LogP contribution is -2.38. The summed E-state index contributed by atoms with van der Waals surface area (Å²) >= 11 is 0. The fourth-order valence-corrected chi connectivity index (χ4v) is 4.66. The van der Waals surface area contributed by atoms with E-state index in [0.717, 1.165) is 22.6 Å². The number of hydrogen-bond donors (Lipinski definition) is 2. The summed E-state index contributed by atoms with van der Waals surface area (Å²) in [4.78, 5) is 27.2. The number of nitrogens with two attached hydrogens (primary N) is 1. The zero-order valence-electron chi connectivity index (χ0n) is 19.5. The molecule has 0 bridgehead atoms. The molecule has 2 saturated heterocycles. The third kappa shape index (κ3) is 5.80. The number of benzene rings is 2. The van der Waals surface area contributed by atoms with Crippen molar-refractivity contribution in [1.82, 2.24) is 4.90 Å². The number of nitrogens with zero attached hydrogens (tertiary/aromatic N) is 2. The second-order valence-corrected chi connectivity index (χ2v) is 9.08. The van der Waals surface area contributed by atoms with E-state index in [1.54, 1.807) is 12.0 Å². The second-order valence-electron chi connectivity index (χ2n) is 9.08. The molecular formula is C25H29F3N4O3. The number of methoxy groups -OCH3 is 1. The van der Waals surface area contributed by atoms with E-state index in [2.05, 4.69) is 5.32 Å². The number of primary amides is 1. The zero-order valence-corrected chi connectivity index (χ0v) is 19.5. The molecule has 2 aliphatic rings. The molecule has 2 fully saturated rings. The highest BCUT2D eigenvalue weighted by atomic mass is 19.4. The summed E-state index contributed by atoms with van der Waals surface area (Å²) in [5.74, 6) is -1.65. The number of likely N-dealkylation sites (tertiary alicyclic amines) is 1. The molecule has 188 valence electrons. The minimum Gasteiger partial charge on any atom is -0.496 e. The molecule has 3 N–H and O–H groups in total. The quantitative estimate of drug-likeness (QED) is 0.612. The number of ether oxygens (including phenoxy) is 1. The van der Waals surface area contributed by atoms with Crippen molar-refractivity contribution >= 4 is 28.9 Å². The highest BCUT2D eigenvalue weighted by Gasteiger charge is 2.41. The molecule has 2 aromatic rings. The number of rotatable bonds is 7. The monoisotopic (exact) mass is 490 g/mol. The Bertz CT molecular complexity index is 1070. The van der Waals surface area contributed by atoms with E-state index >= 15 is 0 Å². The molecular weight excluding hydrogens is 461 g/mol. The largest absolute Gasteiger partial charge is 0.496 e. The molecule has 2 aromatic carbocycles. The number of anilines is 3. The Hall–Kier alpha value is -3.43. The van der Waals surface area contributed by atoms with Crippen LogP contribution in [0.25, 0.3) is 0 Å². The zero-order chi connectivity index (χ0) is 25.2. The first-order chi connectivity index (χ1) is 16.6. The first-order valence-corrected chi connectivity index (χ1v) is 11.6. The van der Waals surface area contributed by atoms with Gasteiger partial charge in [-0.15, -0.1) is 0 Å². The van der Waals surface area contributed by atoms with Gasteiger partial charge < -0.3 is 25.6 Å². The molecule has 1 atom stereocenters. The van der Waals surface area contributed by atoms with Crippen LogP contribution in [-0.4, -0.2) is 49.6 Å². The fourth-order valence-electron chi connectivity index (χ4n) is 4.66. The van der Waals surface area contributed by atoms with Gasteiger partial charge in [0.15, 0.2) is 0 Å². The average Bonchev–Trinajstić information content (AvgIpc) is 3.20. The van der Waals surface area contributed by atoms with E-state index in [9.17, 15) is 22.8 Å². The average molecular weight is 491 g/mol. The molecule has 1 unspecified atom stereocenters. The lowest BCUT2D eigenvalue weighted by Gasteiger charge is -2.34. The lowest BCUT2D eigenvalue weighted by molar-refractivity contribution is -0.179. The Morgan fingerprint density at radius 3 is 2.34 bits per heavy atom.